The van der Waals surface area contributed by atoms with E-state index in [0.717, 1.165) is 24.2 Å². The quantitative estimate of drug-likeness (QED) is 0.725. The summed E-state index contributed by atoms with van der Waals surface area (Å²) in [6.07, 6.45) is 6.89. The number of nitrogens with zero attached hydrogens (tertiary/aromatic N) is 4. The van der Waals surface area contributed by atoms with Gasteiger partial charge in [0.15, 0.2) is 11.3 Å². The van der Waals surface area contributed by atoms with Crippen molar-refractivity contribution >= 4 is 17.7 Å². The molecule has 6 nitrogen and oxygen atoms in total. The van der Waals surface area contributed by atoms with Crippen LogP contribution >= 0.6 is 0 Å². The molecule has 1 fully saturated rings. The van der Waals surface area contributed by atoms with Crippen LogP contribution < -0.4 is 5.56 Å². The molecule has 1 aliphatic rings. The lowest BCUT2D eigenvalue weighted by atomic mass is 10.00. The summed E-state index contributed by atoms with van der Waals surface area (Å²) in [6, 6.07) is 6.14. The Morgan fingerprint density at radius 2 is 1.92 bits per heavy atom. The highest BCUT2D eigenvalue weighted by atomic mass is 19.1. The van der Waals surface area contributed by atoms with Crippen LogP contribution in [-0.4, -0.2) is 32.4 Å². The molecule has 0 bridgehead atoms. The fourth-order valence-electron chi connectivity index (χ4n) is 3.18. The molecule has 0 aliphatic carbocycles. The molecule has 0 saturated carbocycles. The van der Waals surface area contributed by atoms with Crippen molar-refractivity contribution in [3.05, 3.63) is 63.8 Å². The van der Waals surface area contributed by atoms with E-state index in [1.165, 1.54) is 16.7 Å². The van der Waals surface area contributed by atoms with Gasteiger partial charge in [0.2, 0.25) is 0 Å². The summed E-state index contributed by atoms with van der Waals surface area (Å²) in [5.41, 5.74) is 1.15. The van der Waals surface area contributed by atoms with Crippen LogP contribution in [0.1, 0.15) is 36.0 Å². The highest BCUT2D eigenvalue weighted by molar-refractivity contribution is 5.66. The van der Waals surface area contributed by atoms with Crippen LogP contribution in [0.25, 0.3) is 17.7 Å². The smallest absolute Gasteiger partial charge is 0.279 e. The molecule has 0 amide bonds. The number of hydrogen-bond acceptors (Lipinski definition) is 4. The van der Waals surface area contributed by atoms with Crippen molar-refractivity contribution in [2.24, 2.45) is 7.05 Å². The molecule has 0 spiro atoms. The molecule has 3 aromatic rings. The topological polar surface area (TPSA) is 61.4 Å². The lowest BCUT2D eigenvalue weighted by Crippen LogP contribution is -2.25. The minimum atomic E-state index is -0.284. The van der Waals surface area contributed by atoms with Crippen LogP contribution in [0.4, 0.5) is 4.39 Å². The van der Waals surface area contributed by atoms with Gasteiger partial charge in [-0.25, -0.2) is 13.9 Å². The first kappa shape index (κ1) is 16.7. The summed E-state index contributed by atoms with van der Waals surface area (Å²) < 4.78 is 21.6. The maximum absolute atomic E-state index is 13.0. The number of hydrogen-bond donors (Lipinski definition) is 0. The van der Waals surface area contributed by atoms with E-state index in [-0.39, 0.29) is 17.3 Å². The third-order valence-corrected chi connectivity index (χ3v) is 4.72. The first-order valence-electron chi connectivity index (χ1n) is 8.59. The second-order valence-electron chi connectivity index (χ2n) is 6.41. The summed E-state index contributed by atoms with van der Waals surface area (Å²) in [5.74, 6) is 1.27. The van der Waals surface area contributed by atoms with Gasteiger partial charge in [0.25, 0.3) is 5.56 Å². The summed E-state index contributed by atoms with van der Waals surface area (Å²) in [6.45, 7) is 1.39. The van der Waals surface area contributed by atoms with E-state index in [4.69, 9.17) is 4.74 Å². The number of benzene rings is 1. The molecule has 3 heterocycles. The van der Waals surface area contributed by atoms with E-state index in [1.807, 2.05) is 0 Å². The van der Waals surface area contributed by atoms with Gasteiger partial charge in [0.05, 0.1) is 6.20 Å². The SMILES string of the molecule is Cn1c(/C=C/c2ccc(F)cc2)nn2c(C3CCOCC3)ncc2c1=O. The fraction of sp³-hybridized carbons (Fsp3) is 0.316. The Morgan fingerprint density at radius 3 is 2.65 bits per heavy atom. The molecular formula is C19H19FN4O2. The summed E-state index contributed by atoms with van der Waals surface area (Å²) in [7, 11) is 1.68. The number of fused-ring (bicyclic) bond motifs is 1. The van der Waals surface area contributed by atoms with Crippen molar-refractivity contribution in [3.8, 4) is 0 Å². The molecule has 0 N–H and O–H groups in total. The number of imidazole rings is 1. The molecular weight excluding hydrogens is 335 g/mol. The zero-order valence-corrected chi connectivity index (χ0v) is 14.4. The second kappa shape index (κ2) is 6.84. The van der Waals surface area contributed by atoms with Crippen LogP contribution in [0.2, 0.25) is 0 Å². The maximum Gasteiger partial charge on any atom is 0.279 e. The Hall–Kier alpha value is -2.80. The average Bonchev–Trinajstić information content (AvgIpc) is 3.09. The molecule has 2 aromatic heterocycles. The fourth-order valence-corrected chi connectivity index (χ4v) is 3.18. The molecule has 4 rings (SSSR count). The van der Waals surface area contributed by atoms with Gasteiger partial charge < -0.3 is 4.74 Å². The van der Waals surface area contributed by atoms with Gasteiger partial charge >= 0.3 is 0 Å². The number of halogens is 1. The normalized spacial score (nSPS) is 15.9. The third kappa shape index (κ3) is 3.06. The Labute approximate surface area is 149 Å². The molecule has 0 atom stereocenters. The third-order valence-electron chi connectivity index (χ3n) is 4.72. The van der Waals surface area contributed by atoms with E-state index in [1.54, 1.807) is 42.0 Å². The second-order valence-corrected chi connectivity index (χ2v) is 6.41. The van der Waals surface area contributed by atoms with Crippen LogP contribution in [0.3, 0.4) is 0 Å². The zero-order chi connectivity index (χ0) is 18.1. The first-order chi connectivity index (χ1) is 12.6. The number of aromatic nitrogens is 4. The first-order valence-corrected chi connectivity index (χ1v) is 8.59. The predicted octanol–water partition coefficient (Wildman–Crippen LogP) is 2.63. The van der Waals surface area contributed by atoms with E-state index in [9.17, 15) is 9.18 Å². The molecule has 26 heavy (non-hydrogen) atoms. The lowest BCUT2D eigenvalue weighted by Gasteiger charge is -2.20. The molecule has 7 heteroatoms. The highest BCUT2D eigenvalue weighted by Gasteiger charge is 2.22. The van der Waals surface area contributed by atoms with Gasteiger partial charge in [0.1, 0.15) is 11.6 Å². The minimum absolute atomic E-state index is 0.149. The standard InChI is InChI=1S/C19H19FN4O2/c1-23-17(7-4-13-2-5-15(20)6-3-13)22-24-16(19(23)25)12-21-18(24)14-8-10-26-11-9-14/h2-7,12,14H,8-11H2,1H3/b7-4+. The van der Waals surface area contributed by atoms with Crippen LogP contribution in [0.5, 0.6) is 0 Å². The molecule has 134 valence electrons. The highest BCUT2D eigenvalue weighted by Crippen LogP contribution is 2.25. The van der Waals surface area contributed by atoms with Crippen molar-refractivity contribution in [1.29, 1.82) is 0 Å². The summed E-state index contributed by atoms with van der Waals surface area (Å²) in [5, 5.41) is 4.62. The minimum Gasteiger partial charge on any atom is -0.381 e. The van der Waals surface area contributed by atoms with E-state index in [0.29, 0.717) is 24.6 Å². The number of ether oxygens (including phenoxy) is 1. The van der Waals surface area contributed by atoms with E-state index >= 15 is 0 Å². The largest absolute Gasteiger partial charge is 0.381 e. The van der Waals surface area contributed by atoms with Crippen molar-refractivity contribution in [2.75, 3.05) is 13.2 Å². The van der Waals surface area contributed by atoms with Crippen molar-refractivity contribution in [2.45, 2.75) is 18.8 Å². The van der Waals surface area contributed by atoms with Crippen LogP contribution in [-0.2, 0) is 11.8 Å². The monoisotopic (exact) mass is 354 g/mol. The van der Waals surface area contributed by atoms with Gasteiger partial charge in [-0.05, 0) is 36.6 Å². The molecule has 0 radical (unpaired) electrons. The maximum atomic E-state index is 13.0. The lowest BCUT2D eigenvalue weighted by molar-refractivity contribution is 0.0832. The Bertz CT molecular complexity index is 1010. The van der Waals surface area contributed by atoms with Gasteiger partial charge in [-0.1, -0.05) is 18.2 Å². The van der Waals surface area contributed by atoms with E-state index in [2.05, 4.69) is 10.1 Å². The van der Waals surface area contributed by atoms with Crippen LogP contribution in [0, 0.1) is 5.82 Å². The van der Waals surface area contributed by atoms with E-state index < -0.39 is 0 Å². The Balaban J connectivity index is 1.75. The van der Waals surface area contributed by atoms with Crippen molar-refractivity contribution < 1.29 is 9.13 Å². The Morgan fingerprint density at radius 1 is 1.19 bits per heavy atom. The Kier molecular flexibility index (Phi) is 4.38. The molecule has 0 unspecified atom stereocenters. The van der Waals surface area contributed by atoms with Crippen LogP contribution in [0.15, 0.2) is 35.3 Å². The summed E-state index contributed by atoms with van der Waals surface area (Å²) >= 11 is 0. The predicted molar refractivity (Wildman–Crippen MR) is 96.4 cm³/mol. The zero-order valence-electron chi connectivity index (χ0n) is 14.4. The van der Waals surface area contributed by atoms with Gasteiger partial charge in [0, 0.05) is 26.2 Å². The number of rotatable bonds is 3. The molecule has 1 aliphatic heterocycles. The van der Waals surface area contributed by atoms with Crippen molar-refractivity contribution in [1.82, 2.24) is 19.2 Å². The summed E-state index contributed by atoms with van der Waals surface area (Å²) in [4.78, 5) is 17.1. The van der Waals surface area contributed by atoms with Crippen molar-refractivity contribution in [3.63, 3.8) is 0 Å². The molecule has 1 aromatic carbocycles. The van der Waals surface area contributed by atoms with Gasteiger partial charge in [-0.15, -0.1) is 5.10 Å². The molecule has 1 saturated heterocycles. The van der Waals surface area contributed by atoms with Gasteiger partial charge in [-0.3, -0.25) is 9.36 Å². The average molecular weight is 354 g/mol. The van der Waals surface area contributed by atoms with Gasteiger partial charge in [-0.2, -0.15) is 0 Å².